The molecular weight excluding hydrogens is 397 g/mol. The summed E-state index contributed by atoms with van der Waals surface area (Å²) in [5.41, 5.74) is 0.547. The Morgan fingerprint density at radius 3 is 2.65 bits per heavy atom. The molecule has 1 N–H and O–H groups in total. The fourth-order valence-corrected chi connectivity index (χ4v) is 5.01. The zero-order chi connectivity index (χ0) is 17.0. The minimum absolute atomic E-state index is 0.210. The van der Waals surface area contributed by atoms with E-state index in [4.69, 9.17) is 23.2 Å². The van der Waals surface area contributed by atoms with Crippen LogP contribution in [0.1, 0.15) is 19.4 Å². The van der Waals surface area contributed by atoms with Crippen LogP contribution in [0.25, 0.3) is 0 Å². The fourth-order valence-electron chi connectivity index (χ4n) is 1.57. The maximum absolute atomic E-state index is 12.2. The van der Waals surface area contributed by atoms with E-state index < -0.39 is 10.0 Å². The number of benzene rings is 1. The van der Waals surface area contributed by atoms with Crippen molar-refractivity contribution in [1.29, 1.82) is 0 Å². The number of thioether (sulfide) groups is 1. The summed E-state index contributed by atoms with van der Waals surface area (Å²) in [6.45, 7) is 4.21. The van der Waals surface area contributed by atoms with Gasteiger partial charge in [-0.05, 0) is 23.6 Å². The number of nitrogens with one attached hydrogen (secondary N) is 1. The Morgan fingerprint density at radius 2 is 2.00 bits per heavy atom. The van der Waals surface area contributed by atoms with Gasteiger partial charge in [-0.3, -0.25) is 4.72 Å². The minimum atomic E-state index is -3.59. The molecule has 10 heteroatoms. The second-order valence-corrected chi connectivity index (χ2v) is 9.97. The van der Waals surface area contributed by atoms with E-state index in [1.165, 1.54) is 17.4 Å². The van der Waals surface area contributed by atoms with Gasteiger partial charge in [0, 0.05) is 5.75 Å². The summed E-state index contributed by atoms with van der Waals surface area (Å²) in [6, 6.07) is 4.73. The van der Waals surface area contributed by atoms with E-state index in [1.807, 2.05) is 0 Å². The van der Waals surface area contributed by atoms with Crippen LogP contribution in [0.3, 0.4) is 0 Å². The summed E-state index contributed by atoms with van der Waals surface area (Å²) in [4.78, 5) is 0. The molecule has 0 aliphatic carbocycles. The van der Waals surface area contributed by atoms with Gasteiger partial charge in [0.2, 0.25) is 15.2 Å². The number of aromatic nitrogens is 2. The lowest BCUT2D eigenvalue weighted by molar-refractivity contribution is 0.600. The molecular formula is C13H15Cl2N3O2S3. The third-order valence-electron chi connectivity index (χ3n) is 2.53. The molecule has 5 nitrogen and oxygen atoms in total. The van der Waals surface area contributed by atoms with Crippen LogP contribution >= 0.6 is 46.3 Å². The van der Waals surface area contributed by atoms with E-state index in [-0.39, 0.29) is 10.9 Å². The van der Waals surface area contributed by atoms with Crippen molar-refractivity contribution >= 4 is 61.5 Å². The molecule has 0 saturated carbocycles. The highest BCUT2D eigenvalue weighted by atomic mass is 35.5. The topological polar surface area (TPSA) is 72.0 Å². The van der Waals surface area contributed by atoms with Crippen molar-refractivity contribution in [2.24, 2.45) is 5.92 Å². The first-order chi connectivity index (χ1) is 10.7. The number of halogens is 2. The van der Waals surface area contributed by atoms with Crippen LogP contribution < -0.4 is 4.72 Å². The van der Waals surface area contributed by atoms with Gasteiger partial charge in [0.25, 0.3) is 0 Å². The van der Waals surface area contributed by atoms with Gasteiger partial charge in [0.15, 0.2) is 4.34 Å². The normalized spacial score (nSPS) is 11.9. The smallest absolute Gasteiger partial charge is 0.238 e. The number of rotatable bonds is 7. The van der Waals surface area contributed by atoms with Gasteiger partial charge >= 0.3 is 0 Å². The maximum atomic E-state index is 12.2. The van der Waals surface area contributed by atoms with Gasteiger partial charge in [0.05, 0.1) is 15.8 Å². The van der Waals surface area contributed by atoms with Crippen LogP contribution in [0.5, 0.6) is 0 Å². The predicted molar refractivity (Wildman–Crippen MR) is 98.2 cm³/mol. The first-order valence-corrected chi connectivity index (χ1v) is 10.9. The average molecular weight is 412 g/mol. The molecule has 0 aliphatic rings. The van der Waals surface area contributed by atoms with Crippen LogP contribution in [0.15, 0.2) is 22.5 Å². The summed E-state index contributed by atoms with van der Waals surface area (Å²) in [7, 11) is -3.59. The van der Waals surface area contributed by atoms with Gasteiger partial charge in [-0.2, -0.15) is 0 Å². The van der Waals surface area contributed by atoms with Crippen molar-refractivity contribution in [3.63, 3.8) is 0 Å². The van der Waals surface area contributed by atoms with Crippen molar-refractivity contribution in [1.82, 2.24) is 10.2 Å². The number of anilines is 1. The second-order valence-electron chi connectivity index (χ2n) is 5.19. The van der Waals surface area contributed by atoms with Gasteiger partial charge < -0.3 is 0 Å². The second kappa shape index (κ2) is 8.02. The van der Waals surface area contributed by atoms with Crippen LogP contribution in [-0.4, -0.2) is 24.4 Å². The minimum Gasteiger partial charge on any atom is -0.257 e. The van der Waals surface area contributed by atoms with Crippen molar-refractivity contribution in [3.05, 3.63) is 33.8 Å². The molecule has 0 spiro atoms. The van der Waals surface area contributed by atoms with Crippen molar-refractivity contribution < 1.29 is 8.42 Å². The standard InChI is InChI=1S/C13H15Cl2N3O2S3/c1-8(2)6-21-13-17-16-12(22-13)18-23(19,20)7-9-3-4-10(14)11(15)5-9/h3-5,8H,6-7H2,1-2H3,(H,16,18). The maximum Gasteiger partial charge on any atom is 0.238 e. The lowest BCUT2D eigenvalue weighted by atomic mass is 10.2. The van der Waals surface area contributed by atoms with Gasteiger partial charge in [-0.1, -0.05) is 66.2 Å². The SMILES string of the molecule is CC(C)CSc1nnc(NS(=O)(=O)Cc2ccc(Cl)c(Cl)c2)s1. The first kappa shape index (κ1) is 18.8. The van der Waals surface area contributed by atoms with E-state index in [9.17, 15) is 8.42 Å². The van der Waals surface area contributed by atoms with Crippen LogP contribution in [0, 0.1) is 5.92 Å². The first-order valence-electron chi connectivity index (χ1n) is 6.66. The molecule has 2 aromatic rings. The van der Waals surface area contributed by atoms with E-state index in [2.05, 4.69) is 28.8 Å². The molecule has 0 fully saturated rings. The lowest BCUT2D eigenvalue weighted by Gasteiger charge is -2.05. The molecule has 1 aromatic carbocycles. The van der Waals surface area contributed by atoms with E-state index in [0.717, 1.165) is 10.1 Å². The van der Waals surface area contributed by atoms with Crippen LogP contribution in [0.4, 0.5) is 5.13 Å². The molecule has 0 atom stereocenters. The van der Waals surface area contributed by atoms with E-state index in [0.29, 0.717) is 21.5 Å². The third kappa shape index (κ3) is 6.11. The monoisotopic (exact) mass is 411 g/mol. The molecule has 1 aromatic heterocycles. The molecule has 0 aliphatic heterocycles. The Labute approximate surface area is 153 Å². The third-order valence-corrected chi connectivity index (χ3v) is 7.01. The predicted octanol–water partition coefficient (Wildman–Crippen LogP) is 4.53. The zero-order valence-electron chi connectivity index (χ0n) is 12.4. The van der Waals surface area contributed by atoms with Crippen LogP contribution in [0.2, 0.25) is 10.0 Å². The van der Waals surface area contributed by atoms with Gasteiger partial charge in [-0.25, -0.2) is 8.42 Å². The summed E-state index contributed by atoms with van der Waals surface area (Å²) in [5, 5.41) is 8.80. The van der Waals surface area contributed by atoms with Crippen molar-refractivity contribution in [3.8, 4) is 0 Å². The molecule has 0 amide bonds. The molecule has 0 unspecified atom stereocenters. The Bertz CT molecular complexity index is 779. The Balaban J connectivity index is 2.01. The Hall–Kier alpha value is -0.540. The summed E-state index contributed by atoms with van der Waals surface area (Å²) >= 11 is 14.5. The number of hydrogen-bond acceptors (Lipinski definition) is 6. The molecule has 1 heterocycles. The highest BCUT2D eigenvalue weighted by Gasteiger charge is 2.16. The lowest BCUT2D eigenvalue weighted by Crippen LogP contribution is -2.14. The zero-order valence-corrected chi connectivity index (χ0v) is 16.4. The van der Waals surface area contributed by atoms with Crippen molar-refractivity contribution in [2.75, 3.05) is 10.5 Å². The molecule has 0 radical (unpaired) electrons. The molecule has 0 bridgehead atoms. The molecule has 2 rings (SSSR count). The summed E-state index contributed by atoms with van der Waals surface area (Å²) in [6.07, 6.45) is 0. The number of sulfonamides is 1. The van der Waals surface area contributed by atoms with Crippen molar-refractivity contribution in [2.45, 2.75) is 23.9 Å². The van der Waals surface area contributed by atoms with E-state index in [1.54, 1.807) is 23.9 Å². The van der Waals surface area contributed by atoms with Gasteiger partial charge in [-0.15, -0.1) is 10.2 Å². The van der Waals surface area contributed by atoms with Crippen LogP contribution in [-0.2, 0) is 15.8 Å². The Morgan fingerprint density at radius 1 is 1.26 bits per heavy atom. The quantitative estimate of drug-likeness (QED) is 0.677. The molecule has 126 valence electrons. The molecule has 0 saturated heterocycles. The number of nitrogens with zero attached hydrogens (tertiary/aromatic N) is 2. The van der Waals surface area contributed by atoms with E-state index >= 15 is 0 Å². The number of hydrogen-bond donors (Lipinski definition) is 1. The largest absolute Gasteiger partial charge is 0.257 e. The highest BCUT2D eigenvalue weighted by Crippen LogP contribution is 2.28. The summed E-state index contributed by atoms with van der Waals surface area (Å²) < 4.78 is 27.5. The Kier molecular flexibility index (Phi) is 6.56. The molecule has 23 heavy (non-hydrogen) atoms. The average Bonchev–Trinajstić information content (AvgIpc) is 2.87. The van der Waals surface area contributed by atoms with Gasteiger partial charge in [0.1, 0.15) is 0 Å². The summed E-state index contributed by atoms with van der Waals surface area (Å²) in [5.74, 6) is 1.22. The highest BCUT2D eigenvalue weighted by molar-refractivity contribution is 8.01. The fraction of sp³-hybridized carbons (Fsp3) is 0.385.